The van der Waals surface area contributed by atoms with Crippen LogP contribution >= 0.6 is 11.6 Å². The van der Waals surface area contributed by atoms with Crippen LogP contribution in [-0.4, -0.2) is 31.7 Å². The van der Waals surface area contributed by atoms with E-state index in [1.165, 1.54) is 6.07 Å². The molecule has 0 fully saturated rings. The lowest BCUT2D eigenvalue weighted by Gasteiger charge is -2.35. The van der Waals surface area contributed by atoms with Crippen molar-refractivity contribution in [3.8, 4) is 22.9 Å². The van der Waals surface area contributed by atoms with E-state index in [4.69, 9.17) is 11.6 Å². The number of phenolic OH excluding ortho intramolecular Hbond substituents is 2. The molecule has 0 saturated heterocycles. The molecule has 1 amide bonds. The molecule has 0 bridgehead atoms. The SMILES string of the molecule is Cc1cn(C)c(-c2ccc3c(c2)CCC(C)N3C(=O)c2cc(Cl)c(O)cc2O)n1. The summed E-state index contributed by atoms with van der Waals surface area (Å²) >= 11 is 5.97. The molecule has 29 heavy (non-hydrogen) atoms. The number of anilines is 1. The summed E-state index contributed by atoms with van der Waals surface area (Å²) in [4.78, 5) is 19.6. The average molecular weight is 412 g/mol. The van der Waals surface area contributed by atoms with E-state index in [0.29, 0.717) is 0 Å². The van der Waals surface area contributed by atoms with E-state index in [0.717, 1.165) is 47.2 Å². The van der Waals surface area contributed by atoms with Crippen LogP contribution in [0.3, 0.4) is 0 Å². The quantitative estimate of drug-likeness (QED) is 0.653. The Bertz CT molecular complexity index is 1120. The number of phenols is 2. The number of imidazole rings is 1. The van der Waals surface area contributed by atoms with E-state index in [1.54, 1.807) is 4.90 Å². The second kappa shape index (κ2) is 7.12. The van der Waals surface area contributed by atoms with Crippen molar-refractivity contribution in [3.63, 3.8) is 0 Å². The van der Waals surface area contributed by atoms with Crippen molar-refractivity contribution in [2.24, 2.45) is 7.05 Å². The first kappa shape index (κ1) is 19.3. The van der Waals surface area contributed by atoms with Crippen LogP contribution in [0, 0.1) is 6.92 Å². The Kier molecular flexibility index (Phi) is 4.74. The number of halogens is 1. The third-order valence-corrected chi connectivity index (χ3v) is 5.68. The summed E-state index contributed by atoms with van der Waals surface area (Å²) < 4.78 is 1.99. The maximum Gasteiger partial charge on any atom is 0.262 e. The Hall–Kier alpha value is -2.99. The van der Waals surface area contributed by atoms with Gasteiger partial charge in [0, 0.05) is 36.6 Å². The molecular weight excluding hydrogens is 390 g/mol. The largest absolute Gasteiger partial charge is 0.507 e. The van der Waals surface area contributed by atoms with E-state index in [2.05, 4.69) is 11.1 Å². The molecule has 2 N–H and O–H groups in total. The van der Waals surface area contributed by atoms with Gasteiger partial charge in [0.25, 0.3) is 5.91 Å². The third-order valence-electron chi connectivity index (χ3n) is 5.38. The molecule has 6 nitrogen and oxygen atoms in total. The Morgan fingerprint density at radius 3 is 2.66 bits per heavy atom. The number of aromatic hydroxyl groups is 2. The fourth-order valence-corrected chi connectivity index (χ4v) is 4.10. The first-order chi connectivity index (χ1) is 13.8. The fraction of sp³-hybridized carbons (Fsp3) is 0.273. The molecule has 0 radical (unpaired) electrons. The van der Waals surface area contributed by atoms with E-state index in [-0.39, 0.29) is 34.0 Å². The summed E-state index contributed by atoms with van der Waals surface area (Å²) in [5.41, 5.74) is 3.88. The van der Waals surface area contributed by atoms with Crippen molar-refractivity contribution in [1.29, 1.82) is 0 Å². The number of nitrogens with zero attached hydrogens (tertiary/aromatic N) is 3. The van der Waals surface area contributed by atoms with Crippen molar-refractivity contribution in [1.82, 2.24) is 9.55 Å². The number of hydrogen-bond donors (Lipinski definition) is 2. The van der Waals surface area contributed by atoms with Crippen LogP contribution in [0.5, 0.6) is 11.5 Å². The Morgan fingerprint density at radius 1 is 1.21 bits per heavy atom. The van der Waals surface area contributed by atoms with Gasteiger partial charge in [-0.1, -0.05) is 11.6 Å². The summed E-state index contributed by atoms with van der Waals surface area (Å²) in [6.07, 6.45) is 3.62. The fourth-order valence-electron chi connectivity index (χ4n) is 3.94. The van der Waals surface area contributed by atoms with E-state index < -0.39 is 0 Å². The minimum atomic E-state index is -0.349. The van der Waals surface area contributed by atoms with Gasteiger partial charge in [0.05, 0.1) is 16.3 Å². The maximum atomic E-state index is 13.3. The topological polar surface area (TPSA) is 78.6 Å². The predicted molar refractivity (Wildman–Crippen MR) is 113 cm³/mol. The number of hydrogen-bond acceptors (Lipinski definition) is 4. The first-order valence-electron chi connectivity index (χ1n) is 9.44. The zero-order chi connectivity index (χ0) is 20.9. The maximum absolute atomic E-state index is 13.3. The van der Waals surface area contributed by atoms with Crippen LogP contribution in [0.2, 0.25) is 5.02 Å². The van der Waals surface area contributed by atoms with Gasteiger partial charge in [0.1, 0.15) is 17.3 Å². The van der Waals surface area contributed by atoms with Crippen LogP contribution in [0.1, 0.15) is 35.0 Å². The van der Waals surface area contributed by atoms with Gasteiger partial charge in [-0.15, -0.1) is 0 Å². The number of aryl methyl sites for hydroxylation is 3. The molecule has 150 valence electrons. The van der Waals surface area contributed by atoms with Crippen LogP contribution in [0.25, 0.3) is 11.4 Å². The lowest BCUT2D eigenvalue weighted by atomic mass is 9.94. The van der Waals surface area contributed by atoms with Gasteiger partial charge in [-0.25, -0.2) is 4.98 Å². The van der Waals surface area contributed by atoms with Crippen LogP contribution < -0.4 is 4.90 Å². The summed E-state index contributed by atoms with van der Waals surface area (Å²) in [5.74, 6) is -0.0256. The van der Waals surface area contributed by atoms with Crippen LogP contribution in [0.15, 0.2) is 36.5 Å². The highest BCUT2D eigenvalue weighted by molar-refractivity contribution is 6.32. The summed E-state index contributed by atoms with van der Waals surface area (Å²) in [6, 6.07) is 8.33. The highest BCUT2D eigenvalue weighted by Crippen LogP contribution is 2.37. The third kappa shape index (κ3) is 3.34. The molecule has 0 saturated carbocycles. The minimum absolute atomic E-state index is 0.0246. The van der Waals surface area contributed by atoms with Gasteiger partial charge in [-0.2, -0.15) is 0 Å². The zero-order valence-corrected chi connectivity index (χ0v) is 17.2. The second-order valence-corrected chi connectivity index (χ2v) is 7.95. The number of aromatic nitrogens is 2. The van der Waals surface area contributed by atoms with Gasteiger partial charge in [-0.05, 0) is 56.5 Å². The molecule has 1 aliphatic heterocycles. The standard InChI is InChI=1S/C22H22ClN3O3/c1-12-11-25(3)21(24-12)15-6-7-18-14(8-15)5-4-13(2)26(18)22(29)16-9-17(23)20(28)10-19(16)27/h6-11,13,27-28H,4-5H2,1-3H3. The molecule has 1 unspecified atom stereocenters. The van der Waals surface area contributed by atoms with E-state index in [1.807, 2.05) is 43.8 Å². The van der Waals surface area contributed by atoms with Crippen molar-refractivity contribution in [2.45, 2.75) is 32.7 Å². The molecule has 1 atom stereocenters. The summed E-state index contributed by atoms with van der Waals surface area (Å²) in [6.45, 7) is 3.94. The van der Waals surface area contributed by atoms with Crippen molar-refractivity contribution >= 4 is 23.2 Å². The highest BCUT2D eigenvalue weighted by atomic mass is 35.5. The van der Waals surface area contributed by atoms with Crippen LogP contribution in [0.4, 0.5) is 5.69 Å². The molecule has 1 aromatic heterocycles. The number of carbonyl (C=O) groups is 1. The van der Waals surface area contributed by atoms with E-state index in [9.17, 15) is 15.0 Å². The molecule has 4 rings (SSSR count). The molecule has 3 aromatic rings. The summed E-state index contributed by atoms with van der Waals surface area (Å²) in [7, 11) is 1.96. The molecule has 7 heteroatoms. The number of carbonyl (C=O) groups excluding carboxylic acids is 1. The minimum Gasteiger partial charge on any atom is -0.507 e. The lowest BCUT2D eigenvalue weighted by Crippen LogP contribution is -2.42. The number of rotatable bonds is 2. The molecule has 0 spiro atoms. The smallest absolute Gasteiger partial charge is 0.262 e. The van der Waals surface area contributed by atoms with Gasteiger partial charge in [-0.3, -0.25) is 4.79 Å². The Morgan fingerprint density at radius 2 is 1.97 bits per heavy atom. The van der Waals surface area contributed by atoms with Gasteiger partial charge >= 0.3 is 0 Å². The van der Waals surface area contributed by atoms with Gasteiger partial charge < -0.3 is 19.7 Å². The molecule has 2 heterocycles. The molecule has 0 aliphatic carbocycles. The first-order valence-corrected chi connectivity index (χ1v) is 9.82. The highest BCUT2D eigenvalue weighted by Gasteiger charge is 2.31. The zero-order valence-electron chi connectivity index (χ0n) is 16.5. The van der Waals surface area contributed by atoms with Crippen molar-refractivity contribution < 1.29 is 15.0 Å². The van der Waals surface area contributed by atoms with E-state index >= 15 is 0 Å². The normalized spacial score (nSPS) is 16.0. The lowest BCUT2D eigenvalue weighted by molar-refractivity contribution is 0.0972. The van der Waals surface area contributed by atoms with Gasteiger partial charge in [0.15, 0.2) is 0 Å². The number of fused-ring (bicyclic) bond motifs is 1. The molecule has 1 aliphatic rings. The average Bonchev–Trinajstić information content (AvgIpc) is 3.02. The predicted octanol–water partition coefficient (Wildman–Crippen LogP) is 4.44. The Labute approximate surface area is 174 Å². The second-order valence-electron chi connectivity index (χ2n) is 7.54. The molecular formula is C22H22ClN3O3. The number of amides is 1. The summed E-state index contributed by atoms with van der Waals surface area (Å²) in [5, 5.41) is 19.9. The number of benzene rings is 2. The molecule has 2 aromatic carbocycles. The van der Waals surface area contributed by atoms with Crippen molar-refractivity contribution in [3.05, 3.63) is 58.4 Å². The van der Waals surface area contributed by atoms with Crippen LogP contribution in [-0.2, 0) is 13.5 Å². The Balaban J connectivity index is 1.76. The van der Waals surface area contributed by atoms with Crippen molar-refractivity contribution in [2.75, 3.05) is 4.90 Å². The van der Waals surface area contributed by atoms with Gasteiger partial charge in [0.2, 0.25) is 0 Å². The monoisotopic (exact) mass is 411 g/mol.